The average Bonchev–Trinajstić information content (AvgIpc) is 3.28. The van der Waals surface area contributed by atoms with Gasteiger partial charge in [-0.3, -0.25) is 10.1 Å². The smallest absolute Gasteiger partial charge is 0.357 e. The minimum atomic E-state index is -1.04. The van der Waals surface area contributed by atoms with Gasteiger partial charge >= 0.3 is 5.97 Å². The van der Waals surface area contributed by atoms with E-state index in [0.29, 0.717) is 17.5 Å². The fraction of sp³-hybridized carbons (Fsp3) is 0.174. The summed E-state index contributed by atoms with van der Waals surface area (Å²) in [7, 11) is 1.72. The van der Waals surface area contributed by atoms with E-state index in [0.717, 1.165) is 34.1 Å². The van der Waals surface area contributed by atoms with Crippen LogP contribution in [0.15, 0.2) is 54.9 Å². The van der Waals surface area contributed by atoms with Gasteiger partial charge in [-0.15, -0.1) is 0 Å². The SMILES string of the molecule is CCn1cc(Cc2ccccc2-c2cn(C)nc2C(=O)O)c2ccc(C(=N)N)cc21. The Balaban J connectivity index is 1.83. The molecule has 0 unspecified atom stereocenters. The van der Waals surface area contributed by atoms with Gasteiger partial charge in [-0.25, -0.2) is 4.79 Å². The molecular weight excluding hydrogens is 378 g/mol. The van der Waals surface area contributed by atoms with E-state index in [4.69, 9.17) is 11.1 Å². The number of aromatic carboxylic acids is 1. The minimum Gasteiger partial charge on any atom is -0.476 e. The maximum Gasteiger partial charge on any atom is 0.357 e. The summed E-state index contributed by atoms with van der Waals surface area (Å²) in [6.45, 7) is 2.87. The predicted octanol–water partition coefficient (Wildman–Crippen LogP) is 3.63. The van der Waals surface area contributed by atoms with Crippen LogP contribution in [-0.2, 0) is 20.0 Å². The highest BCUT2D eigenvalue weighted by Gasteiger charge is 2.19. The van der Waals surface area contributed by atoms with Gasteiger partial charge in [0, 0.05) is 54.4 Å². The first-order valence-electron chi connectivity index (χ1n) is 9.70. The molecule has 0 radical (unpaired) electrons. The molecule has 0 aliphatic carbocycles. The molecule has 2 heterocycles. The Morgan fingerprint density at radius 2 is 1.90 bits per heavy atom. The number of hydrogen-bond acceptors (Lipinski definition) is 3. The van der Waals surface area contributed by atoms with Crippen molar-refractivity contribution in [3.05, 3.63) is 77.2 Å². The molecule has 152 valence electrons. The van der Waals surface area contributed by atoms with E-state index in [-0.39, 0.29) is 11.5 Å². The number of rotatable bonds is 6. The summed E-state index contributed by atoms with van der Waals surface area (Å²) in [5.41, 5.74) is 11.1. The highest BCUT2D eigenvalue weighted by molar-refractivity contribution is 5.99. The molecule has 4 aromatic rings. The third kappa shape index (κ3) is 3.34. The largest absolute Gasteiger partial charge is 0.476 e. The predicted molar refractivity (Wildman–Crippen MR) is 117 cm³/mol. The summed E-state index contributed by atoms with van der Waals surface area (Å²) in [4.78, 5) is 11.7. The van der Waals surface area contributed by atoms with Gasteiger partial charge in [0.2, 0.25) is 0 Å². The minimum absolute atomic E-state index is 0.0467. The molecule has 0 fully saturated rings. The lowest BCUT2D eigenvalue weighted by molar-refractivity contribution is 0.0690. The number of aromatic nitrogens is 3. The molecule has 0 saturated carbocycles. The molecule has 7 nitrogen and oxygen atoms in total. The summed E-state index contributed by atoms with van der Waals surface area (Å²) >= 11 is 0. The van der Waals surface area contributed by atoms with Crippen molar-refractivity contribution in [2.75, 3.05) is 0 Å². The number of carbonyl (C=O) groups is 1. The number of amidine groups is 1. The van der Waals surface area contributed by atoms with Crippen molar-refractivity contribution in [1.29, 1.82) is 5.41 Å². The number of aryl methyl sites for hydroxylation is 2. The van der Waals surface area contributed by atoms with Crippen molar-refractivity contribution in [2.24, 2.45) is 12.8 Å². The molecule has 2 aromatic heterocycles. The Bertz CT molecular complexity index is 1280. The lowest BCUT2D eigenvalue weighted by Gasteiger charge is -2.09. The number of benzene rings is 2. The Morgan fingerprint density at radius 3 is 2.60 bits per heavy atom. The summed E-state index contributed by atoms with van der Waals surface area (Å²) < 4.78 is 3.67. The average molecular weight is 401 g/mol. The molecule has 7 heteroatoms. The van der Waals surface area contributed by atoms with Crippen molar-refractivity contribution in [2.45, 2.75) is 19.9 Å². The summed E-state index contributed by atoms with van der Waals surface area (Å²) in [5, 5.41) is 22.5. The molecule has 0 atom stereocenters. The van der Waals surface area contributed by atoms with Gasteiger partial charge in [-0.1, -0.05) is 36.4 Å². The van der Waals surface area contributed by atoms with E-state index in [2.05, 4.69) is 22.8 Å². The van der Waals surface area contributed by atoms with Crippen LogP contribution in [0.2, 0.25) is 0 Å². The van der Waals surface area contributed by atoms with Crippen molar-refractivity contribution in [3.63, 3.8) is 0 Å². The highest BCUT2D eigenvalue weighted by Crippen LogP contribution is 2.31. The van der Waals surface area contributed by atoms with Gasteiger partial charge < -0.3 is 15.4 Å². The zero-order valence-corrected chi connectivity index (χ0v) is 16.9. The van der Waals surface area contributed by atoms with Gasteiger partial charge in [-0.2, -0.15) is 5.10 Å². The van der Waals surface area contributed by atoms with Gasteiger partial charge in [0.15, 0.2) is 5.69 Å². The molecule has 0 aliphatic heterocycles. The van der Waals surface area contributed by atoms with Crippen molar-refractivity contribution >= 4 is 22.7 Å². The van der Waals surface area contributed by atoms with Crippen LogP contribution in [0.5, 0.6) is 0 Å². The zero-order valence-electron chi connectivity index (χ0n) is 16.9. The van der Waals surface area contributed by atoms with Crippen molar-refractivity contribution < 1.29 is 9.90 Å². The van der Waals surface area contributed by atoms with Crippen LogP contribution in [0.1, 0.15) is 34.1 Å². The second kappa shape index (κ2) is 7.51. The van der Waals surface area contributed by atoms with E-state index in [1.54, 1.807) is 13.2 Å². The maximum atomic E-state index is 11.7. The molecule has 0 spiro atoms. The number of carboxylic acids is 1. The molecular formula is C23H23N5O2. The first kappa shape index (κ1) is 19.4. The van der Waals surface area contributed by atoms with E-state index in [1.165, 1.54) is 4.68 Å². The first-order chi connectivity index (χ1) is 14.4. The Kier molecular flexibility index (Phi) is 4.87. The molecule has 0 aliphatic rings. The highest BCUT2D eigenvalue weighted by atomic mass is 16.4. The Hall–Kier alpha value is -3.87. The molecule has 0 amide bonds. The van der Waals surface area contributed by atoms with E-state index < -0.39 is 5.97 Å². The van der Waals surface area contributed by atoms with E-state index in [9.17, 15) is 9.90 Å². The Labute approximate surface area is 173 Å². The molecule has 4 rings (SSSR count). The van der Waals surface area contributed by atoms with Crippen LogP contribution in [0.25, 0.3) is 22.0 Å². The molecule has 2 aromatic carbocycles. The second-order valence-corrected chi connectivity index (χ2v) is 7.29. The third-order valence-electron chi connectivity index (χ3n) is 5.34. The van der Waals surface area contributed by atoms with Crippen molar-refractivity contribution in [1.82, 2.24) is 14.3 Å². The molecule has 30 heavy (non-hydrogen) atoms. The van der Waals surface area contributed by atoms with Crippen LogP contribution >= 0.6 is 0 Å². The third-order valence-corrected chi connectivity index (χ3v) is 5.34. The topological polar surface area (TPSA) is 110 Å². The summed E-state index contributed by atoms with van der Waals surface area (Å²) in [6, 6.07) is 13.6. The van der Waals surface area contributed by atoms with E-state index in [1.807, 2.05) is 42.5 Å². The quantitative estimate of drug-likeness (QED) is 0.338. The van der Waals surface area contributed by atoms with Crippen LogP contribution in [0.3, 0.4) is 0 Å². The standard InChI is InChI=1S/C23H23N5O2/c1-3-28-12-16(18-9-8-15(22(24)25)11-20(18)28)10-14-6-4-5-7-17(14)19-13-27(2)26-21(19)23(29)30/h4-9,11-13H,3,10H2,1-2H3,(H3,24,25)(H,29,30). The normalized spacial score (nSPS) is 11.1. The van der Waals surface area contributed by atoms with Crippen LogP contribution in [-0.4, -0.2) is 31.3 Å². The van der Waals surface area contributed by atoms with Crippen LogP contribution in [0.4, 0.5) is 0 Å². The number of fused-ring (bicyclic) bond motifs is 1. The zero-order chi connectivity index (χ0) is 21.4. The number of nitrogens with zero attached hydrogens (tertiary/aromatic N) is 3. The maximum absolute atomic E-state index is 11.7. The van der Waals surface area contributed by atoms with Crippen molar-refractivity contribution in [3.8, 4) is 11.1 Å². The Morgan fingerprint density at radius 1 is 1.13 bits per heavy atom. The van der Waals surface area contributed by atoms with Crippen LogP contribution in [0, 0.1) is 5.41 Å². The monoisotopic (exact) mass is 401 g/mol. The number of nitrogen functional groups attached to an aromatic ring is 1. The lowest BCUT2D eigenvalue weighted by Crippen LogP contribution is -2.10. The molecule has 0 saturated heterocycles. The number of hydrogen-bond donors (Lipinski definition) is 3. The van der Waals surface area contributed by atoms with E-state index >= 15 is 0 Å². The molecule has 0 bridgehead atoms. The summed E-state index contributed by atoms with van der Waals surface area (Å²) in [5.74, 6) is -0.995. The second-order valence-electron chi connectivity index (χ2n) is 7.29. The van der Waals surface area contributed by atoms with Gasteiger partial charge in [0.25, 0.3) is 0 Å². The van der Waals surface area contributed by atoms with Crippen LogP contribution < -0.4 is 5.73 Å². The van der Waals surface area contributed by atoms with Gasteiger partial charge in [0.05, 0.1) is 0 Å². The number of nitrogens with two attached hydrogens (primary N) is 1. The van der Waals surface area contributed by atoms with Gasteiger partial charge in [0.1, 0.15) is 5.84 Å². The summed E-state index contributed by atoms with van der Waals surface area (Å²) in [6.07, 6.45) is 4.51. The number of nitrogens with one attached hydrogen (secondary N) is 1. The fourth-order valence-electron chi connectivity index (χ4n) is 3.92. The number of carboxylic acid groups (broad SMARTS) is 1. The first-order valence-corrected chi connectivity index (χ1v) is 9.70. The lowest BCUT2D eigenvalue weighted by atomic mass is 9.95. The van der Waals surface area contributed by atoms with Gasteiger partial charge in [-0.05, 0) is 29.7 Å². The fourth-order valence-corrected chi connectivity index (χ4v) is 3.92. The molecule has 4 N–H and O–H groups in total.